The minimum atomic E-state index is 0.353. The van der Waals surface area contributed by atoms with E-state index < -0.39 is 0 Å². The quantitative estimate of drug-likeness (QED) is 0.794. The number of nitrogens with zero attached hydrogens (tertiary/aromatic N) is 2. The molecule has 5 heteroatoms. The van der Waals surface area contributed by atoms with Crippen LogP contribution in [0.4, 0.5) is 5.69 Å². The van der Waals surface area contributed by atoms with Crippen molar-refractivity contribution < 1.29 is 9.47 Å². The molecule has 0 aromatic carbocycles. The first-order chi connectivity index (χ1) is 7.34. The summed E-state index contributed by atoms with van der Waals surface area (Å²) >= 11 is 0. The third kappa shape index (κ3) is 3.21. The number of nitrogens with two attached hydrogens (primary N) is 1. The molecule has 0 amide bonds. The summed E-state index contributed by atoms with van der Waals surface area (Å²) in [5.41, 5.74) is 6.25. The van der Waals surface area contributed by atoms with Crippen LogP contribution >= 0.6 is 0 Å². The summed E-state index contributed by atoms with van der Waals surface area (Å²) in [5.74, 6) is 0. The Balaban J connectivity index is 1.65. The second-order valence-electron chi connectivity index (χ2n) is 3.72. The topological polar surface area (TPSA) is 62.3 Å². The largest absolute Gasteiger partial charge is 0.396 e. The summed E-state index contributed by atoms with van der Waals surface area (Å²) in [6, 6.07) is 0. The molecule has 1 fully saturated rings. The highest BCUT2D eigenvalue weighted by atomic mass is 16.5. The zero-order chi connectivity index (χ0) is 10.5. The number of ether oxygens (including phenoxy) is 2. The Hall–Kier alpha value is -1.07. The van der Waals surface area contributed by atoms with E-state index in [1.165, 1.54) is 0 Å². The lowest BCUT2D eigenvalue weighted by Gasteiger charge is -2.22. The van der Waals surface area contributed by atoms with E-state index in [4.69, 9.17) is 15.2 Å². The molecule has 0 aliphatic carbocycles. The van der Waals surface area contributed by atoms with Crippen LogP contribution in [-0.2, 0) is 16.0 Å². The maximum absolute atomic E-state index is 5.71. The molecule has 1 aromatic rings. The van der Waals surface area contributed by atoms with Crippen LogP contribution in [0.3, 0.4) is 0 Å². The lowest BCUT2D eigenvalue weighted by molar-refractivity contribution is -0.0344. The van der Waals surface area contributed by atoms with E-state index in [0.717, 1.165) is 32.6 Å². The molecule has 5 nitrogen and oxygen atoms in total. The van der Waals surface area contributed by atoms with Gasteiger partial charge in [0, 0.05) is 19.4 Å². The lowest BCUT2D eigenvalue weighted by atomic mass is 10.2. The number of hydrogen-bond donors (Lipinski definition) is 1. The molecule has 2 N–H and O–H groups in total. The van der Waals surface area contributed by atoms with Gasteiger partial charge in [0.1, 0.15) is 0 Å². The summed E-state index contributed by atoms with van der Waals surface area (Å²) < 4.78 is 12.8. The fourth-order valence-corrected chi connectivity index (χ4v) is 1.66. The fraction of sp³-hybridized carbons (Fsp3) is 0.700. The predicted octanol–water partition coefficient (Wildman–Crippen LogP) is 0.661. The first-order valence-electron chi connectivity index (χ1n) is 5.32. The number of aromatic nitrogens is 2. The highest BCUT2D eigenvalue weighted by molar-refractivity contribution is 5.30. The molecule has 1 aliphatic rings. The van der Waals surface area contributed by atoms with Gasteiger partial charge >= 0.3 is 0 Å². The minimum Gasteiger partial charge on any atom is -0.396 e. The zero-order valence-electron chi connectivity index (χ0n) is 8.76. The average Bonchev–Trinajstić information content (AvgIpc) is 2.66. The summed E-state index contributed by atoms with van der Waals surface area (Å²) in [6.45, 7) is 3.08. The Kier molecular flexibility index (Phi) is 3.58. The molecule has 2 heterocycles. The fourth-order valence-electron chi connectivity index (χ4n) is 1.66. The van der Waals surface area contributed by atoms with Gasteiger partial charge in [-0.2, -0.15) is 5.10 Å². The summed E-state index contributed by atoms with van der Waals surface area (Å²) in [7, 11) is 0. The minimum absolute atomic E-state index is 0.353. The van der Waals surface area contributed by atoms with Crippen LogP contribution in [0, 0.1) is 0 Å². The maximum atomic E-state index is 5.71. The average molecular weight is 211 g/mol. The van der Waals surface area contributed by atoms with Crippen molar-refractivity contribution in [2.24, 2.45) is 0 Å². The van der Waals surface area contributed by atoms with E-state index in [0.29, 0.717) is 18.4 Å². The van der Waals surface area contributed by atoms with E-state index in [1.54, 1.807) is 10.9 Å². The number of anilines is 1. The predicted molar refractivity (Wildman–Crippen MR) is 56.4 cm³/mol. The highest BCUT2D eigenvalue weighted by Crippen LogP contribution is 2.10. The third-order valence-corrected chi connectivity index (χ3v) is 2.50. The van der Waals surface area contributed by atoms with Gasteiger partial charge < -0.3 is 15.2 Å². The molecule has 0 radical (unpaired) electrons. The molecule has 1 aromatic heterocycles. The number of nitrogen functional groups attached to an aromatic ring is 1. The Morgan fingerprint density at radius 1 is 1.53 bits per heavy atom. The molecule has 1 aliphatic heterocycles. The standard InChI is InChI=1S/C10H17N3O2/c11-9-7-12-13(8-9)3-6-15-10-1-4-14-5-2-10/h7-8,10H,1-6,11H2. The summed E-state index contributed by atoms with van der Waals surface area (Å²) in [5, 5.41) is 4.09. The van der Waals surface area contributed by atoms with Crippen molar-refractivity contribution in [2.45, 2.75) is 25.5 Å². The van der Waals surface area contributed by atoms with Gasteiger partial charge in [0.25, 0.3) is 0 Å². The Labute approximate surface area is 89.2 Å². The van der Waals surface area contributed by atoms with Crippen LogP contribution in [0.25, 0.3) is 0 Å². The smallest absolute Gasteiger partial charge is 0.0719 e. The molecule has 2 rings (SSSR count). The second-order valence-corrected chi connectivity index (χ2v) is 3.72. The van der Waals surface area contributed by atoms with Gasteiger partial charge in [0.2, 0.25) is 0 Å². The van der Waals surface area contributed by atoms with Crippen LogP contribution in [0.15, 0.2) is 12.4 Å². The zero-order valence-corrected chi connectivity index (χ0v) is 8.76. The van der Waals surface area contributed by atoms with E-state index in [-0.39, 0.29) is 0 Å². The van der Waals surface area contributed by atoms with Crippen molar-refractivity contribution in [1.82, 2.24) is 9.78 Å². The van der Waals surface area contributed by atoms with Gasteiger partial charge in [0.15, 0.2) is 0 Å². The van der Waals surface area contributed by atoms with Crippen LogP contribution < -0.4 is 5.73 Å². The van der Waals surface area contributed by atoms with Gasteiger partial charge in [-0.15, -0.1) is 0 Å². The first-order valence-corrected chi connectivity index (χ1v) is 5.32. The Morgan fingerprint density at radius 3 is 3.00 bits per heavy atom. The van der Waals surface area contributed by atoms with E-state index >= 15 is 0 Å². The summed E-state index contributed by atoms with van der Waals surface area (Å²) in [4.78, 5) is 0. The highest BCUT2D eigenvalue weighted by Gasteiger charge is 2.13. The van der Waals surface area contributed by atoms with Crippen molar-refractivity contribution in [3.8, 4) is 0 Å². The summed E-state index contributed by atoms with van der Waals surface area (Å²) in [6.07, 6.45) is 5.82. The maximum Gasteiger partial charge on any atom is 0.0719 e. The molecular weight excluding hydrogens is 194 g/mol. The van der Waals surface area contributed by atoms with Crippen molar-refractivity contribution in [2.75, 3.05) is 25.6 Å². The Bertz CT molecular complexity index is 295. The van der Waals surface area contributed by atoms with Gasteiger partial charge in [-0.3, -0.25) is 4.68 Å². The molecule has 15 heavy (non-hydrogen) atoms. The molecule has 0 atom stereocenters. The van der Waals surface area contributed by atoms with Crippen molar-refractivity contribution in [3.05, 3.63) is 12.4 Å². The molecule has 84 valence electrons. The van der Waals surface area contributed by atoms with Gasteiger partial charge in [-0.25, -0.2) is 0 Å². The van der Waals surface area contributed by atoms with Crippen molar-refractivity contribution >= 4 is 5.69 Å². The number of hydrogen-bond acceptors (Lipinski definition) is 4. The van der Waals surface area contributed by atoms with Crippen molar-refractivity contribution in [1.29, 1.82) is 0 Å². The van der Waals surface area contributed by atoms with Crippen LogP contribution in [0.5, 0.6) is 0 Å². The number of rotatable bonds is 4. The van der Waals surface area contributed by atoms with E-state index in [2.05, 4.69) is 5.10 Å². The van der Waals surface area contributed by atoms with E-state index in [1.807, 2.05) is 6.20 Å². The Morgan fingerprint density at radius 2 is 2.33 bits per heavy atom. The monoisotopic (exact) mass is 211 g/mol. The normalized spacial score (nSPS) is 18.1. The molecule has 1 saturated heterocycles. The lowest BCUT2D eigenvalue weighted by Crippen LogP contribution is -2.24. The SMILES string of the molecule is Nc1cnn(CCOC2CCOCC2)c1. The van der Waals surface area contributed by atoms with Gasteiger partial charge in [0.05, 0.1) is 31.1 Å². The van der Waals surface area contributed by atoms with E-state index in [9.17, 15) is 0 Å². The second kappa shape index (κ2) is 5.14. The van der Waals surface area contributed by atoms with Crippen LogP contribution in [-0.4, -0.2) is 35.7 Å². The molecular formula is C10H17N3O2. The molecule has 0 unspecified atom stereocenters. The third-order valence-electron chi connectivity index (χ3n) is 2.50. The van der Waals surface area contributed by atoms with Crippen LogP contribution in [0.1, 0.15) is 12.8 Å². The van der Waals surface area contributed by atoms with Crippen LogP contribution in [0.2, 0.25) is 0 Å². The van der Waals surface area contributed by atoms with Gasteiger partial charge in [-0.05, 0) is 12.8 Å². The van der Waals surface area contributed by atoms with Gasteiger partial charge in [-0.1, -0.05) is 0 Å². The first kappa shape index (κ1) is 10.4. The molecule has 0 spiro atoms. The van der Waals surface area contributed by atoms with Crippen molar-refractivity contribution in [3.63, 3.8) is 0 Å². The molecule has 0 saturated carbocycles. The molecule has 0 bridgehead atoms.